The van der Waals surface area contributed by atoms with Gasteiger partial charge in [-0.1, -0.05) is 12.1 Å². The van der Waals surface area contributed by atoms with Gasteiger partial charge in [0.15, 0.2) is 0 Å². The highest BCUT2D eigenvalue weighted by molar-refractivity contribution is 6.44. The molecule has 1 aromatic carbocycles. The Kier molecular flexibility index (Phi) is 8.69. The quantitative estimate of drug-likeness (QED) is 0.491. The first-order valence-corrected chi connectivity index (χ1v) is 9.42. The molecule has 1 amide bonds. The number of ether oxygens (including phenoxy) is 3. The Balaban J connectivity index is 2.79. The monoisotopic (exact) mass is 419 g/mol. The third-order valence-electron chi connectivity index (χ3n) is 3.62. The molecule has 6 nitrogen and oxygen atoms in total. The largest absolute Gasteiger partial charge is 0.497 e. The number of alkyl halides is 2. The highest BCUT2D eigenvalue weighted by atomic mass is 35.5. The van der Waals surface area contributed by atoms with Crippen molar-refractivity contribution in [2.24, 2.45) is 0 Å². The number of hydrogen-bond donors (Lipinski definition) is 1. The van der Waals surface area contributed by atoms with Gasteiger partial charge in [-0.25, -0.2) is 9.59 Å². The lowest BCUT2D eigenvalue weighted by Crippen LogP contribution is -2.54. The third-order valence-corrected chi connectivity index (χ3v) is 4.06. The van der Waals surface area contributed by atoms with Crippen molar-refractivity contribution in [2.45, 2.75) is 63.1 Å². The molecule has 27 heavy (non-hydrogen) atoms. The second kappa shape index (κ2) is 10.0. The first-order chi connectivity index (χ1) is 12.4. The highest BCUT2D eigenvalue weighted by Crippen LogP contribution is 2.22. The van der Waals surface area contributed by atoms with Crippen molar-refractivity contribution in [3.8, 4) is 5.75 Å². The Labute approximate surface area is 170 Å². The number of esters is 1. The lowest BCUT2D eigenvalue weighted by molar-refractivity contribution is -0.152. The molecule has 1 rings (SSSR count). The topological polar surface area (TPSA) is 73.9 Å². The van der Waals surface area contributed by atoms with Gasteiger partial charge in [0.2, 0.25) is 0 Å². The van der Waals surface area contributed by atoms with Crippen LogP contribution in [0.4, 0.5) is 4.79 Å². The Morgan fingerprint density at radius 2 is 1.70 bits per heavy atom. The number of carbonyl (C=O) groups excluding carboxylic acids is 2. The molecule has 1 atom stereocenters. The Morgan fingerprint density at radius 1 is 1.11 bits per heavy atom. The van der Waals surface area contributed by atoms with Gasteiger partial charge < -0.3 is 19.5 Å². The van der Waals surface area contributed by atoms with E-state index >= 15 is 0 Å². The van der Waals surface area contributed by atoms with E-state index in [9.17, 15) is 9.59 Å². The van der Waals surface area contributed by atoms with Crippen molar-refractivity contribution in [1.29, 1.82) is 0 Å². The second-order valence-electron chi connectivity index (χ2n) is 7.31. The molecule has 0 aliphatic rings. The summed E-state index contributed by atoms with van der Waals surface area (Å²) in [6, 6.07) is 7.12. The molecule has 1 N–H and O–H groups in total. The zero-order chi connectivity index (χ0) is 20.7. The van der Waals surface area contributed by atoms with E-state index in [2.05, 4.69) is 5.32 Å². The van der Waals surface area contributed by atoms with Crippen LogP contribution in [0.1, 0.15) is 46.1 Å². The minimum atomic E-state index is -1.32. The van der Waals surface area contributed by atoms with E-state index < -0.39 is 28.0 Å². The molecule has 0 bridgehead atoms. The maximum absolute atomic E-state index is 12.7. The number of hydrogen-bond acceptors (Lipinski definition) is 5. The van der Waals surface area contributed by atoms with Crippen LogP contribution in [-0.2, 0) is 20.9 Å². The van der Waals surface area contributed by atoms with Gasteiger partial charge in [-0.2, -0.15) is 0 Å². The molecule has 0 radical (unpaired) electrons. The fraction of sp³-hybridized carbons (Fsp3) is 0.579. The maximum Gasteiger partial charge on any atom is 0.408 e. The number of amides is 1. The van der Waals surface area contributed by atoms with Crippen LogP contribution in [0.5, 0.6) is 5.75 Å². The number of carbonyl (C=O) groups is 2. The highest BCUT2D eigenvalue weighted by Gasteiger charge is 2.38. The van der Waals surface area contributed by atoms with E-state index in [4.69, 9.17) is 37.4 Å². The molecule has 0 aliphatic carbocycles. The van der Waals surface area contributed by atoms with Gasteiger partial charge in [-0.05, 0) is 58.2 Å². The zero-order valence-corrected chi connectivity index (χ0v) is 17.8. The van der Waals surface area contributed by atoms with Crippen molar-refractivity contribution in [3.63, 3.8) is 0 Å². The van der Waals surface area contributed by atoms with E-state index in [1.807, 2.05) is 0 Å². The van der Waals surface area contributed by atoms with Gasteiger partial charge in [0, 0.05) is 0 Å². The van der Waals surface area contributed by atoms with Gasteiger partial charge in [0.25, 0.3) is 0 Å². The molecule has 0 fully saturated rings. The van der Waals surface area contributed by atoms with Crippen molar-refractivity contribution >= 4 is 35.3 Å². The summed E-state index contributed by atoms with van der Waals surface area (Å²) in [7, 11) is 1.57. The first-order valence-electron chi connectivity index (χ1n) is 8.54. The molecule has 0 spiro atoms. The fourth-order valence-corrected chi connectivity index (χ4v) is 2.39. The maximum atomic E-state index is 12.7. The number of nitrogens with one attached hydrogen (secondary N) is 1. The summed E-state index contributed by atoms with van der Waals surface area (Å²) < 4.78 is 15.7. The lowest BCUT2D eigenvalue weighted by atomic mass is 9.96. The molecule has 0 heterocycles. The van der Waals surface area contributed by atoms with Crippen LogP contribution in [0.2, 0.25) is 0 Å². The van der Waals surface area contributed by atoms with Gasteiger partial charge in [0.05, 0.1) is 7.11 Å². The van der Waals surface area contributed by atoms with Crippen LogP contribution < -0.4 is 10.1 Å². The molecule has 0 aromatic heterocycles. The van der Waals surface area contributed by atoms with Crippen molar-refractivity contribution in [3.05, 3.63) is 29.8 Å². The normalized spacial score (nSPS) is 13.6. The van der Waals surface area contributed by atoms with E-state index in [-0.39, 0.29) is 13.0 Å². The molecule has 0 saturated carbocycles. The number of halogens is 2. The average Bonchev–Trinajstić information content (AvgIpc) is 2.56. The predicted octanol–water partition coefficient (Wildman–Crippen LogP) is 4.61. The SMILES string of the molecule is COc1ccc(COC(=O)[C@@](C)(CCC(Cl)Cl)NC(=O)OC(C)(C)C)cc1. The van der Waals surface area contributed by atoms with E-state index in [0.717, 1.165) is 5.56 Å². The van der Waals surface area contributed by atoms with Crippen LogP contribution >= 0.6 is 23.2 Å². The van der Waals surface area contributed by atoms with Gasteiger partial charge >= 0.3 is 12.1 Å². The second-order valence-corrected chi connectivity index (χ2v) is 8.59. The van der Waals surface area contributed by atoms with Gasteiger partial charge in [-0.3, -0.25) is 0 Å². The Morgan fingerprint density at radius 3 is 2.19 bits per heavy atom. The van der Waals surface area contributed by atoms with Crippen molar-refractivity contribution in [1.82, 2.24) is 5.32 Å². The predicted molar refractivity (Wildman–Crippen MR) is 105 cm³/mol. The summed E-state index contributed by atoms with van der Waals surface area (Å²) in [5.41, 5.74) is -1.23. The molecular weight excluding hydrogens is 393 g/mol. The zero-order valence-electron chi connectivity index (χ0n) is 16.3. The molecule has 0 aliphatic heterocycles. The minimum Gasteiger partial charge on any atom is -0.497 e. The molecule has 8 heteroatoms. The molecular formula is C19H27Cl2NO5. The lowest BCUT2D eigenvalue weighted by Gasteiger charge is -2.30. The van der Waals surface area contributed by atoms with Crippen LogP contribution in [0.25, 0.3) is 0 Å². The number of benzene rings is 1. The third kappa shape index (κ3) is 8.71. The number of methoxy groups -OCH3 is 1. The standard InChI is InChI=1S/C19H27Cl2NO5/c1-18(2,3)27-17(24)22-19(4,11-10-15(20)21)16(23)26-12-13-6-8-14(25-5)9-7-13/h6-9,15H,10-12H2,1-5H3,(H,22,24)/t19-/m1/s1. The molecule has 1 aromatic rings. The van der Waals surface area contributed by atoms with Crippen LogP contribution in [0, 0.1) is 0 Å². The minimum absolute atomic E-state index is 0.0552. The number of rotatable bonds is 8. The summed E-state index contributed by atoms with van der Waals surface area (Å²) in [6.07, 6.45) is -0.217. The van der Waals surface area contributed by atoms with Crippen molar-refractivity contribution < 1.29 is 23.8 Å². The van der Waals surface area contributed by atoms with Crippen LogP contribution in [0.3, 0.4) is 0 Å². The summed E-state index contributed by atoms with van der Waals surface area (Å²) >= 11 is 11.6. The van der Waals surface area contributed by atoms with E-state index in [1.165, 1.54) is 0 Å². The molecule has 152 valence electrons. The van der Waals surface area contributed by atoms with Gasteiger partial charge in [0.1, 0.15) is 28.3 Å². The van der Waals surface area contributed by atoms with Gasteiger partial charge in [-0.15, -0.1) is 23.2 Å². The summed E-state index contributed by atoms with van der Waals surface area (Å²) in [6.45, 7) is 6.82. The smallest absolute Gasteiger partial charge is 0.408 e. The Hall–Kier alpha value is -1.66. The summed E-state index contributed by atoms with van der Waals surface area (Å²) in [5.74, 6) is 0.106. The molecule has 0 saturated heterocycles. The fourth-order valence-electron chi connectivity index (χ4n) is 2.17. The summed E-state index contributed by atoms with van der Waals surface area (Å²) in [5, 5.41) is 2.59. The molecule has 0 unspecified atom stereocenters. The first kappa shape index (κ1) is 23.4. The Bertz CT molecular complexity index is 628. The van der Waals surface area contributed by atoms with Crippen molar-refractivity contribution in [2.75, 3.05) is 7.11 Å². The van der Waals surface area contributed by atoms with Crippen LogP contribution in [0.15, 0.2) is 24.3 Å². The van der Waals surface area contributed by atoms with Crippen LogP contribution in [-0.4, -0.2) is 35.1 Å². The average molecular weight is 420 g/mol. The van der Waals surface area contributed by atoms with E-state index in [0.29, 0.717) is 12.2 Å². The summed E-state index contributed by atoms with van der Waals surface area (Å²) in [4.78, 5) is 24.2. The number of alkyl carbamates (subject to hydrolysis) is 1. The van der Waals surface area contributed by atoms with E-state index in [1.54, 1.807) is 59.1 Å².